The molecule has 118 valence electrons. The minimum atomic E-state index is 0.565. The van der Waals surface area contributed by atoms with Crippen molar-refractivity contribution in [3.8, 4) is 11.1 Å². The number of hydrogen-bond donors (Lipinski definition) is 0. The summed E-state index contributed by atoms with van der Waals surface area (Å²) in [5.74, 6) is 0.565. The molecule has 23 heavy (non-hydrogen) atoms. The van der Waals surface area contributed by atoms with Crippen LogP contribution in [0.4, 0.5) is 0 Å². The molecule has 2 aromatic carbocycles. The number of allylic oxidation sites excluding steroid dienone is 4. The second-order valence-electron chi connectivity index (χ2n) is 6.94. The Hall–Kier alpha value is -2.08. The monoisotopic (exact) mass is 302 g/mol. The van der Waals surface area contributed by atoms with Crippen LogP contribution < -0.4 is 0 Å². The summed E-state index contributed by atoms with van der Waals surface area (Å²) in [6, 6.07) is 15.8. The highest BCUT2D eigenvalue weighted by atomic mass is 14.2. The van der Waals surface area contributed by atoms with Crippen molar-refractivity contribution in [1.82, 2.24) is 0 Å². The third-order valence-electron chi connectivity index (χ3n) is 4.83. The molecular weight excluding hydrogens is 276 g/mol. The highest BCUT2D eigenvalue weighted by Gasteiger charge is 2.10. The lowest BCUT2D eigenvalue weighted by molar-refractivity contribution is 0.867. The third kappa shape index (κ3) is 3.32. The van der Waals surface area contributed by atoms with Crippen LogP contribution in [0.25, 0.3) is 16.7 Å². The van der Waals surface area contributed by atoms with E-state index in [9.17, 15) is 0 Å². The van der Waals surface area contributed by atoms with E-state index in [1.165, 1.54) is 51.8 Å². The summed E-state index contributed by atoms with van der Waals surface area (Å²) in [4.78, 5) is 0. The Morgan fingerprint density at radius 3 is 2.39 bits per heavy atom. The second-order valence-corrected chi connectivity index (χ2v) is 6.94. The van der Waals surface area contributed by atoms with Crippen LogP contribution in [0, 0.1) is 6.92 Å². The van der Waals surface area contributed by atoms with E-state index in [4.69, 9.17) is 0 Å². The van der Waals surface area contributed by atoms with Crippen molar-refractivity contribution in [2.75, 3.05) is 0 Å². The molecule has 0 N–H and O–H groups in total. The molecule has 0 heterocycles. The zero-order valence-electron chi connectivity index (χ0n) is 14.7. The predicted molar refractivity (Wildman–Crippen MR) is 102 cm³/mol. The molecule has 0 amide bonds. The average Bonchev–Trinajstić information content (AvgIpc) is 2.56. The van der Waals surface area contributed by atoms with E-state index in [1.807, 2.05) is 0 Å². The Balaban J connectivity index is 2.00. The zero-order valence-corrected chi connectivity index (χ0v) is 14.7. The quantitative estimate of drug-likeness (QED) is 0.578. The molecule has 0 radical (unpaired) electrons. The summed E-state index contributed by atoms with van der Waals surface area (Å²) < 4.78 is 0. The van der Waals surface area contributed by atoms with Crippen molar-refractivity contribution < 1.29 is 0 Å². The molecule has 2 aromatic rings. The van der Waals surface area contributed by atoms with Crippen LogP contribution in [0.5, 0.6) is 0 Å². The Morgan fingerprint density at radius 2 is 1.70 bits per heavy atom. The van der Waals surface area contributed by atoms with Gasteiger partial charge < -0.3 is 0 Å². The van der Waals surface area contributed by atoms with Gasteiger partial charge in [0.05, 0.1) is 0 Å². The summed E-state index contributed by atoms with van der Waals surface area (Å²) >= 11 is 0. The van der Waals surface area contributed by atoms with Crippen molar-refractivity contribution in [1.29, 1.82) is 0 Å². The van der Waals surface area contributed by atoms with Crippen LogP contribution in [0.2, 0.25) is 0 Å². The molecule has 0 heteroatoms. The van der Waals surface area contributed by atoms with Crippen molar-refractivity contribution in [2.45, 2.75) is 46.5 Å². The fourth-order valence-electron chi connectivity index (χ4n) is 3.32. The number of aryl methyl sites for hydroxylation is 1. The normalized spacial score (nSPS) is 14.7. The van der Waals surface area contributed by atoms with Crippen molar-refractivity contribution >= 4 is 5.57 Å². The summed E-state index contributed by atoms with van der Waals surface area (Å²) in [7, 11) is 0. The lowest BCUT2D eigenvalue weighted by Gasteiger charge is -2.16. The molecule has 3 rings (SSSR count). The highest BCUT2D eigenvalue weighted by molar-refractivity contribution is 5.81. The first kappa shape index (κ1) is 15.8. The fraction of sp³-hybridized carbons (Fsp3) is 0.304. The van der Waals surface area contributed by atoms with Gasteiger partial charge in [-0.1, -0.05) is 74.0 Å². The molecule has 1 aliphatic rings. The molecule has 0 atom stereocenters. The zero-order chi connectivity index (χ0) is 16.4. The Bertz CT molecular complexity index is 772. The molecule has 0 unspecified atom stereocenters. The standard InChI is InChI=1S/C23H26/c1-16(2)19-9-7-10-20(15-19)21-12-13-23(18(4)14-21)22-11-6-5-8-17(22)3/h6-7,9-16H,5,8H2,1-4H3. The summed E-state index contributed by atoms with van der Waals surface area (Å²) in [6.07, 6.45) is 6.94. The van der Waals surface area contributed by atoms with Crippen LogP contribution in [0.1, 0.15) is 56.2 Å². The van der Waals surface area contributed by atoms with Gasteiger partial charge in [-0.25, -0.2) is 0 Å². The second kappa shape index (κ2) is 6.58. The van der Waals surface area contributed by atoms with Crippen molar-refractivity contribution in [3.63, 3.8) is 0 Å². The van der Waals surface area contributed by atoms with Gasteiger partial charge in [-0.05, 0) is 66.0 Å². The SMILES string of the molecule is CC1=C(c2ccc(-c3cccc(C(C)C)c3)cc2C)C=CCC1. The Labute approximate surface area is 140 Å². The van der Waals surface area contributed by atoms with E-state index in [-0.39, 0.29) is 0 Å². The van der Waals surface area contributed by atoms with Crippen molar-refractivity contribution in [2.24, 2.45) is 0 Å². The van der Waals surface area contributed by atoms with Crippen LogP contribution in [-0.4, -0.2) is 0 Å². The maximum atomic E-state index is 2.33. The molecule has 0 spiro atoms. The summed E-state index contributed by atoms with van der Waals surface area (Å²) in [6.45, 7) is 8.99. The Kier molecular flexibility index (Phi) is 4.52. The van der Waals surface area contributed by atoms with Gasteiger partial charge in [0.15, 0.2) is 0 Å². The van der Waals surface area contributed by atoms with Gasteiger partial charge in [0.1, 0.15) is 0 Å². The van der Waals surface area contributed by atoms with Crippen molar-refractivity contribution in [3.05, 3.63) is 76.9 Å². The number of rotatable bonds is 3. The number of hydrogen-bond acceptors (Lipinski definition) is 0. The Morgan fingerprint density at radius 1 is 0.913 bits per heavy atom. The minimum Gasteiger partial charge on any atom is -0.0836 e. The predicted octanol–water partition coefficient (Wildman–Crippen LogP) is 6.91. The van der Waals surface area contributed by atoms with Gasteiger partial charge in [0, 0.05) is 0 Å². The van der Waals surface area contributed by atoms with E-state index in [2.05, 4.69) is 82.3 Å². The molecule has 0 aliphatic heterocycles. The van der Waals surface area contributed by atoms with Crippen LogP contribution in [0.3, 0.4) is 0 Å². The topological polar surface area (TPSA) is 0 Å². The van der Waals surface area contributed by atoms with E-state index in [0.29, 0.717) is 5.92 Å². The maximum absolute atomic E-state index is 2.33. The molecule has 1 aliphatic carbocycles. The highest BCUT2D eigenvalue weighted by Crippen LogP contribution is 2.32. The smallest absolute Gasteiger partial charge is 0.0155 e. The lowest BCUT2D eigenvalue weighted by Crippen LogP contribution is -1.95. The van der Waals surface area contributed by atoms with Gasteiger partial charge in [0.2, 0.25) is 0 Å². The van der Waals surface area contributed by atoms with Gasteiger partial charge >= 0.3 is 0 Å². The first-order chi connectivity index (χ1) is 11.1. The van der Waals surface area contributed by atoms with Gasteiger partial charge in [-0.3, -0.25) is 0 Å². The molecule has 0 saturated carbocycles. The number of benzene rings is 2. The largest absolute Gasteiger partial charge is 0.0836 e. The first-order valence-corrected chi connectivity index (χ1v) is 8.64. The fourth-order valence-corrected chi connectivity index (χ4v) is 3.32. The van der Waals surface area contributed by atoms with Crippen LogP contribution in [-0.2, 0) is 0 Å². The van der Waals surface area contributed by atoms with Crippen LogP contribution >= 0.6 is 0 Å². The maximum Gasteiger partial charge on any atom is -0.0155 e. The van der Waals surface area contributed by atoms with Gasteiger partial charge in [-0.2, -0.15) is 0 Å². The van der Waals surface area contributed by atoms with E-state index in [1.54, 1.807) is 0 Å². The van der Waals surface area contributed by atoms with Gasteiger partial charge in [0.25, 0.3) is 0 Å². The summed E-state index contributed by atoms with van der Waals surface area (Å²) in [5, 5.41) is 0. The minimum absolute atomic E-state index is 0.565. The van der Waals surface area contributed by atoms with E-state index < -0.39 is 0 Å². The molecule has 0 aromatic heterocycles. The van der Waals surface area contributed by atoms with Gasteiger partial charge in [-0.15, -0.1) is 0 Å². The molecule has 0 nitrogen and oxygen atoms in total. The molecule has 0 bridgehead atoms. The van der Waals surface area contributed by atoms with Crippen LogP contribution in [0.15, 0.2) is 60.2 Å². The molecule has 0 fully saturated rings. The first-order valence-electron chi connectivity index (χ1n) is 8.64. The average molecular weight is 302 g/mol. The third-order valence-corrected chi connectivity index (χ3v) is 4.83. The van der Waals surface area contributed by atoms with E-state index in [0.717, 1.165) is 0 Å². The summed E-state index contributed by atoms with van der Waals surface area (Å²) in [5.41, 5.74) is 9.68. The molecular formula is C23H26. The lowest BCUT2D eigenvalue weighted by atomic mass is 9.89. The molecule has 0 saturated heterocycles. The van der Waals surface area contributed by atoms with E-state index >= 15 is 0 Å².